The van der Waals surface area contributed by atoms with Crippen LogP contribution < -0.4 is 10.2 Å². The second kappa shape index (κ2) is 6.42. The fraction of sp³-hybridized carbons (Fsp3) is 0.154. The number of rotatable bonds is 5. The largest absolute Gasteiger partial charge is 0.478 e. The molecule has 2 aromatic rings. The van der Waals surface area contributed by atoms with Crippen LogP contribution in [-0.2, 0) is 4.79 Å². The zero-order valence-electron chi connectivity index (χ0n) is 11.2. The molecule has 108 valence electrons. The summed E-state index contributed by atoms with van der Waals surface area (Å²) in [7, 11) is 1.66. The number of nitrogens with one attached hydrogen (secondary N) is 1. The Morgan fingerprint density at radius 1 is 1.29 bits per heavy atom. The van der Waals surface area contributed by atoms with Gasteiger partial charge in [0.15, 0.2) is 0 Å². The molecule has 2 rings (SSSR count). The van der Waals surface area contributed by atoms with Crippen molar-refractivity contribution in [2.45, 2.75) is 0 Å². The van der Waals surface area contributed by atoms with E-state index in [2.05, 4.69) is 20.3 Å². The highest BCUT2D eigenvalue weighted by Crippen LogP contribution is 2.13. The number of hydrogen-bond acceptors (Lipinski definition) is 6. The first kappa shape index (κ1) is 14.4. The molecular weight excluding hydrogens is 274 g/mol. The molecule has 0 unspecified atom stereocenters. The second-order valence-electron chi connectivity index (χ2n) is 4.18. The van der Waals surface area contributed by atoms with Crippen molar-refractivity contribution in [3.63, 3.8) is 0 Å². The summed E-state index contributed by atoms with van der Waals surface area (Å²) >= 11 is 0. The summed E-state index contributed by atoms with van der Waals surface area (Å²) in [6, 6.07) is 2.99. The van der Waals surface area contributed by atoms with Gasteiger partial charge in [0.2, 0.25) is 11.9 Å². The predicted molar refractivity (Wildman–Crippen MR) is 75.1 cm³/mol. The Kier molecular flexibility index (Phi) is 4.39. The van der Waals surface area contributed by atoms with Gasteiger partial charge in [0.25, 0.3) is 0 Å². The summed E-state index contributed by atoms with van der Waals surface area (Å²) in [5, 5.41) is 11.5. The zero-order chi connectivity index (χ0) is 15.2. The van der Waals surface area contributed by atoms with Gasteiger partial charge in [-0.05, 0) is 12.1 Å². The van der Waals surface area contributed by atoms with Gasteiger partial charge in [-0.1, -0.05) is 0 Å². The number of carboxylic acid groups (broad SMARTS) is 1. The van der Waals surface area contributed by atoms with E-state index in [9.17, 15) is 9.59 Å². The van der Waals surface area contributed by atoms with Gasteiger partial charge in [0.1, 0.15) is 0 Å². The van der Waals surface area contributed by atoms with Crippen LogP contribution in [0.15, 0.2) is 36.9 Å². The Balaban J connectivity index is 2.04. The Bertz CT molecular complexity index is 647. The highest BCUT2D eigenvalue weighted by molar-refractivity contribution is 6.01. The number of anilines is 2. The summed E-state index contributed by atoms with van der Waals surface area (Å²) in [6.45, 7) is -0.0159. The molecule has 0 radical (unpaired) electrons. The van der Waals surface area contributed by atoms with Crippen molar-refractivity contribution < 1.29 is 14.7 Å². The smallest absolute Gasteiger partial charge is 0.337 e. The molecule has 8 heteroatoms. The average Bonchev–Trinajstić information content (AvgIpc) is 2.48. The van der Waals surface area contributed by atoms with Gasteiger partial charge in [0, 0.05) is 25.6 Å². The molecule has 0 aliphatic heterocycles. The molecular formula is C13H13N5O3. The molecule has 1 amide bonds. The minimum absolute atomic E-state index is 0.0159. The third-order valence-corrected chi connectivity index (χ3v) is 2.60. The van der Waals surface area contributed by atoms with Crippen LogP contribution in [0, 0.1) is 0 Å². The van der Waals surface area contributed by atoms with E-state index in [1.807, 2.05) is 0 Å². The Morgan fingerprint density at radius 2 is 2.00 bits per heavy atom. The first-order chi connectivity index (χ1) is 10.1. The number of carboxylic acids is 1. The number of carbonyl (C=O) groups is 2. The standard InChI is InChI=1S/C13H13N5O3/c1-18(13-15-4-2-5-16-13)8-11(19)17-10-7-14-6-3-9(10)12(20)21/h2-7H,8H2,1H3,(H,17,19)(H,20,21). The monoisotopic (exact) mass is 287 g/mol. The molecule has 0 saturated heterocycles. The van der Waals surface area contributed by atoms with E-state index in [4.69, 9.17) is 5.11 Å². The van der Waals surface area contributed by atoms with Crippen molar-refractivity contribution in [3.8, 4) is 0 Å². The molecule has 0 aliphatic rings. The Labute approximate surface area is 120 Å². The van der Waals surface area contributed by atoms with E-state index in [1.165, 1.54) is 18.5 Å². The molecule has 0 atom stereocenters. The van der Waals surface area contributed by atoms with Crippen LogP contribution in [0.4, 0.5) is 11.6 Å². The molecule has 0 fully saturated rings. The lowest BCUT2D eigenvalue weighted by Gasteiger charge is -2.16. The lowest BCUT2D eigenvalue weighted by atomic mass is 10.2. The molecule has 2 aromatic heterocycles. The van der Waals surface area contributed by atoms with Gasteiger partial charge in [-0.3, -0.25) is 9.78 Å². The summed E-state index contributed by atoms with van der Waals surface area (Å²) in [5.74, 6) is -1.12. The van der Waals surface area contributed by atoms with Gasteiger partial charge in [0.05, 0.1) is 24.0 Å². The van der Waals surface area contributed by atoms with E-state index in [0.29, 0.717) is 5.95 Å². The highest BCUT2D eigenvalue weighted by atomic mass is 16.4. The maximum absolute atomic E-state index is 11.9. The van der Waals surface area contributed by atoms with Crippen molar-refractivity contribution in [3.05, 3.63) is 42.5 Å². The minimum atomic E-state index is -1.13. The summed E-state index contributed by atoms with van der Waals surface area (Å²) in [4.78, 5) is 36.4. The molecule has 0 bridgehead atoms. The van der Waals surface area contributed by atoms with Crippen LogP contribution in [0.3, 0.4) is 0 Å². The lowest BCUT2D eigenvalue weighted by Crippen LogP contribution is -2.31. The maximum Gasteiger partial charge on any atom is 0.337 e. The van der Waals surface area contributed by atoms with Crippen LogP contribution >= 0.6 is 0 Å². The van der Waals surface area contributed by atoms with E-state index in [0.717, 1.165) is 0 Å². The van der Waals surface area contributed by atoms with Gasteiger partial charge in [-0.15, -0.1) is 0 Å². The first-order valence-electron chi connectivity index (χ1n) is 6.03. The highest BCUT2D eigenvalue weighted by Gasteiger charge is 2.14. The van der Waals surface area contributed by atoms with Crippen LogP contribution in [0.25, 0.3) is 0 Å². The molecule has 21 heavy (non-hydrogen) atoms. The number of amides is 1. The van der Waals surface area contributed by atoms with E-state index in [1.54, 1.807) is 30.4 Å². The molecule has 8 nitrogen and oxygen atoms in total. The second-order valence-corrected chi connectivity index (χ2v) is 4.18. The van der Waals surface area contributed by atoms with E-state index >= 15 is 0 Å². The van der Waals surface area contributed by atoms with Gasteiger partial charge in [-0.25, -0.2) is 14.8 Å². The van der Waals surface area contributed by atoms with Gasteiger partial charge in [-0.2, -0.15) is 0 Å². The number of carbonyl (C=O) groups excluding carboxylic acids is 1. The van der Waals surface area contributed by atoms with Crippen molar-refractivity contribution in [1.29, 1.82) is 0 Å². The summed E-state index contributed by atoms with van der Waals surface area (Å²) in [6.07, 6.45) is 5.78. The molecule has 0 saturated carbocycles. The number of aromatic nitrogens is 3. The van der Waals surface area contributed by atoms with E-state index < -0.39 is 5.97 Å². The molecule has 0 spiro atoms. The topological polar surface area (TPSA) is 108 Å². The van der Waals surface area contributed by atoms with Crippen molar-refractivity contribution in [2.75, 3.05) is 23.8 Å². The fourth-order valence-electron chi connectivity index (χ4n) is 1.64. The van der Waals surface area contributed by atoms with Crippen LogP contribution in [0.2, 0.25) is 0 Å². The van der Waals surface area contributed by atoms with Crippen LogP contribution in [0.5, 0.6) is 0 Å². The van der Waals surface area contributed by atoms with E-state index in [-0.39, 0.29) is 23.7 Å². The van der Waals surface area contributed by atoms with Gasteiger partial charge >= 0.3 is 5.97 Å². The lowest BCUT2D eigenvalue weighted by molar-refractivity contribution is -0.114. The molecule has 0 aliphatic carbocycles. The summed E-state index contributed by atoms with van der Waals surface area (Å²) in [5.41, 5.74) is 0.134. The van der Waals surface area contributed by atoms with Crippen LogP contribution in [-0.4, -0.2) is 45.5 Å². The average molecular weight is 287 g/mol. The fourth-order valence-corrected chi connectivity index (χ4v) is 1.64. The zero-order valence-corrected chi connectivity index (χ0v) is 11.2. The number of pyridine rings is 1. The Morgan fingerprint density at radius 3 is 2.67 bits per heavy atom. The van der Waals surface area contributed by atoms with Crippen molar-refractivity contribution >= 4 is 23.5 Å². The van der Waals surface area contributed by atoms with Crippen LogP contribution in [0.1, 0.15) is 10.4 Å². The number of nitrogens with zero attached hydrogens (tertiary/aromatic N) is 4. The number of likely N-dealkylation sites (N-methyl/N-ethyl adjacent to an activating group) is 1. The molecule has 2 heterocycles. The predicted octanol–water partition coefficient (Wildman–Crippen LogP) is 0.645. The Hall–Kier alpha value is -3.03. The van der Waals surface area contributed by atoms with Crippen molar-refractivity contribution in [2.24, 2.45) is 0 Å². The third kappa shape index (κ3) is 3.72. The third-order valence-electron chi connectivity index (χ3n) is 2.60. The number of hydrogen-bond donors (Lipinski definition) is 2. The quantitative estimate of drug-likeness (QED) is 0.830. The minimum Gasteiger partial charge on any atom is -0.478 e. The molecule has 2 N–H and O–H groups in total. The van der Waals surface area contributed by atoms with Crippen molar-refractivity contribution in [1.82, 2.24) is 15.0 Å². The number of aromatic carboxylic acids is 1. The van der Waals surface area contributed by atoms with Gasteiger partial charge < -0.3 is 15.3 Å². The maximum atomic E-state index is 11.9. The molecule has 0 aromatic carbocycles. The normalized spacial score (nSPS) is 9.95. The summed E-state index contributed by atoms with van der Waals surface area (Å²) < 4.78 is 0. The first-order valence-corrected chi connectivity index (χ1v) is 6.03. The SMILES string of the molecule is CN(CC(=O)Nc1cnccc1C(=O)O)c1ncccn1.